The van der Waals surface area contributed by atoms with Crippen LogP contribution in [0.1, 0.15) is 31.0 Å². The first-order valence-electron chi connectivity index (χ1n) is 8.78. The van der Waals surface area contributed by atoms with E-state index in [4.69, 9.17) is 4.98 Å². The van der Waals surface area contributed by atoms with E-state index in [-0.39, 0.29) is 0 Å². The number of benzene rings is 1. The van der Waals surface area contributed by atoms with Gasteiger partial charge < -0.3 is 10.4 Å². The minimum Gasteiger partial charge on any atom is -0.480 e. The zero-order valence-electron chi connectivity index (χ0n) is 14.7. The Kier molecular flexibility index (Phi) is 5.93. The van der Waals surface area contributed by atoms with Crippen molar-refractivity contribution in [2.24, 2.45) is 0 Å². The van der Waals surface area contributed by atoms with Crippen LogP contribution in [0.3, 0.4) is 0 Å². The molecular weight excluding hydrogens is 394 g/mol. The average Bonchev–Trinajstić information content (AvgIpc) is 2.97. The van der Waals surface area contributed by atoms with Crippen molar-refractivity contribution in [3.05, 3.63) is 64.4 Å². The summed E-state index contributed by atoms with van der Waals surface area (Å²) in [5.41, 5.74) is 2.70. The molecular formula is C20H22BrN3O2. The third-order valence-corrected chi connectivity index (χ3v) is 4.78. The number of aryl methyl sites for hydroxylation is 1. The molecule has 6 heteroatoms. The molecule has 2 aromatic heterocycles. The summed E-state index contributed by atoms with van der Waals surface area (Å²) in [6, 6.07) is 12.8. The molecule has 0 spiro atoms. The standard InChI is InChI=1S/C20H22BrN3O2/c1-2-3-9-16-19(24-13-15(21)10-11-18(24)22-16)23-17(20(25)26)12-14-7-5-4-6-8-14/h4-8,10-11,13,17,23H,2-3,9,12H2,1H3,(H,25,26). The van der Waals surface area contributed by atoms with Gasteiger partial charge in [0.25, 0.3) is 0 Å². The van der Waals surface area contributed by atoms with E-state index >= 15 is 0 Å². The predicted molar refractivity (Wildman–Crippen MR) is 107 cm³/mol. The number of aromatic nitrogens is 2. The van der Waals surface area contributed by atoms with E-state index in [2.05, 4.69) is 28.2 Å². The number of imidazole rings is 1. The van der Waals surface area contributed by atoms with E-state index in [0.29, 0.717) is 6.42 Å². The van der Waals surface area contributed by atoms with E-state index in [1.165, 1.54) is 0 Å². The molecule has 0 radical (unpaired) electrons. The van der Waals surface area contributed by atoms with Crippen molar-refractivity contribution in [3.63, 3.8) is 0 Å². The Labute approximate surface area is 161 Å². The molecule has 5 nitrogen and oxygen atoms in total. The van der Waals surface area contributed by atoms with Gasteiger partial charge in [-0.15, -0.1) is 0 Å². The average molecular weight is 416 g/mol. The molecule has 0 amide bonds. The van der Waals surface area contributed by atoms with E-state index in [9.17, 15) is 9.90 Å². The summed E-state index contributed by atoms with van der Waals surface area (Å²) in [7, 11) is 0. The van der Waals surface area contributed by atoms with Gasteiger partial charge in [-0.25, -0.2) is 9.78 Å². The van der Waals surface area contributed by atoms with E-state index in [1.807, 2.05) is 53.1 Å². The summed E-state index contributed by atoms with van der Waals surface area (Å²) in [5.74, 6) is -0.113. The smallest absolute Gasteiger partial charge is 0.326 e. The Hall–Kier alpha value is -2.34. The van der Waals surface area contributed by atoms with Crippen LogP contribution in [-0.4, -0.2) is 26.5 Å². The maximum atomic E-state index is 11.9. The van der Waals surface area contributed by atoms with E-state index < -0.39 is 12.0 Å². The number of carboxylic acid groups (broad SMARTS) is 1. The molecule has 1 unspecified atom stereocenters. The van der Waals surface area contributed by atoms with Gasteiger partial charge in [-0.2, -0.15) is 0 Å². The molecule has 1 aromatic carbocycles. The highest BCUT2D eigenvalue weighted by Crippen LogP contribution is 2.24. The highest BCUT2D eigenvalue weighted by molar-refractivity contribution is 9.10. The van der Waals surface area contributed by atoms with E-state index in [1.54, 1.807) is 0 Å². The van der Waals surface area contributed by atoms with Crippen LogP contribution in [0.4, 0.5) is 5.82 Å². The molecule has 26 heavy (non-hydrogen) atoms. The number of aliphatic carboxylic acids is 1. The SMILES string of the molecule is CCCCc1nc2ccc(Br)cn2c1NC(Cc1ccccc1)C(=O)O. The molecule has 136 valence electrons. The molecule has 0 aliphatic heterocycles. The van der Waals surface area contributed by atoms with Gasteiger partial charge in [-0.05, 0) is 46.5 Å². The zero-order chi connectivity index (χ0) is 18.5. The Balaban J connectivity index is 1.95. The summed E-state index contributed by atoms with van der Waals surface area (Å²) >= 11 is 3.48. The lowest BCUT2D eigenvalue weighted by atomic mass is 10.1. The van der Waals surface area contributed by atoms with Crippen molar-refractivity contribution >= 4 is 33.4 Å². The van der Waals surface area contributed by atoms with Gasteiger partial charge in [0.15, 0.2) is 0 Å². The van der Waals surface area contributed by atoms with Crippen LogP contribution in [0.15, 0.2) is 53.1 Å². The van der Waals surface area contributed by atoms with Gasteiger partial charge in [-0.3, -0.25) is 4.40 Å². The van der Waals surface area contributed by atoms with E-state index in [0.717, 1.165) is 46.5 Å². The molecule has 2 N–H and O–H groups in total. The van der Waals surface area contributed by atoms with Crippen molar-refractivity contribution in [3.8, 4) is 0 Å². The first kappa shape index (κ1) is 18.5. The third kappa shape index (κ3) is 4.25. The molecule has 1 atom stereocenters. The molecule has 0 fully saturated rings. The van der Waals surface area contributed by atoms with Crippen molar-refractivity contribution in [1.29, 1.82) is 0 Å². The second-order valence-electron chi connectivity index (χ2n) is 6.31. The molecule has 0 bridgehead atoms. The highest BCUT2D eigenvalue weighted by Gasteiger charge is 2.22. The molecule has 0 saturated carbocycles. The normalized spacial score (nSPS) is 12.2. The fourth-order valence-electron chi connectivity index (χ4n) is 2.95. The lowest BCUT2D eigenvalue weighted by Crippen LogP contribution is -2.32. The van der Waals surface area contributed by atoms with Crippen molar-refractivity contribution < 1.29 is 9.90 Å². The van der Waals surface area contributed by atoms with Gasteiger partial charge >= 0.3 is 5.97 Å². The number of rotatable bonds is 8. The number of pyridine rings is 1. The monoisotopic (exact) mass is 415 g/mol. The number of unbranched alkanes of at least 4 members (excludes halogenated alkanes) is 1. The Bertz CT molecular complexity index is 893. The predicted octanol–water partition coefficient (Wildman–Crippen LogP) is 4.55. The van der Waals surface area contributed by atoms with Gasteiger partial charge in [0.2, 0.25) is 0 Å². The topological polar surface area (TPSA) is 66.6 Å². The number of hydrogen-bond acceptors (Lipinski definition) is 3. The fraction of sp³-hybridized carbons (Fsp3) is 0.300. The van der Waals surface area contributed by atoms with Crippen LogP contribution in [0, 0.1) is 0 Å². The first-order chi connectivity index (χ1) is 12.6. The van der Waals surface area contributed by atoms with Crippen LogP contribution < -0.4 is 5.32 Å². The number of hydrogen-bond donors (Lipinski definition) is 2. The quantitative estimate of drug-likeness (QED) is 0.566. The maximum Gasteiger partial charge on any atom is 0.326 e. The Morgan fingerprint density at radius 2 is 2.04 bits per heavy atom. The first-order valence-corrected chi connectivity index (χ1v) is 9.57. The molecule has 0 saturated heterocycles. The van der Waals surface area contributed by atoms with Gasteiger partial charge in [0.1, 0.15) is 17.5 Å². The molecule has 3 aromatic rings. The number of nitrogens with one attached hydrogen (secondary N) is 1. The largest absolute Gasteiger partial charge is 0.480 e. The van der Waals surface area contributed by atoms with Crippen LogP contribution in [-0.2, 0) is 17.6 Å². The summed E-state index contributed by atoms with van der Waals surface area (Å²) < 4.78 is 2.85. The van der Waals surface area contributed by atoms with Crippen LogP contribution in [0.25, 0.3) is 5.65 Å². The number of carbonyl (C=O) groups is 1. The minimum atomic E-state index is -0.875. The number of carboxylic acids is 1. The van der Waals surface area contributed by atoms with Gasteiger partial charge in [0, 0.05) is 17.1 Å². The second kappa shape index (κ2) is 8.36. The maximum absolute atomic E-state index is 11.9. The van der Waals surface area contributed by atoms with Crippen molar-refractivity contribution in [2.75, 3.05) is 5.32 Å². The summed E-state index contributed by atoms with van der Waals surface area (Å²) in [4.78, 5) is 16.6. The Morgan fingerprint density at radius 1 is 1.27 bits per heavy atom. The van der Waals surface area contributed by atoms with Gasteiger partial charge in [0.05, 0.1) is 5.69 Å². The van der Waals surface area contributed by atoms with Crippen LogP contribution in [0.2, 0.25) is 0 Å². The minimum absolute atomic E-state index is 0.407. The lowest BCUT2D eigenvalue weighted by Gasteiger charge is -2.17. The molecule has 0 aliphatic rings. The van der Waals surface area contributed by atoms with Crippen molar-refractivity contribution in [1.82, 2.24) is 9.38 Å². The molecule has 2 heterocycles. The van der Waals surface area contributed by atoms with Crippen molar-refractivity contribution in [2.45, 2.75) is 38.6 Å². The summed E-state index contributed by atoms with van der Waals surface area (Å²) in [6.45, 7) is 2.13. The second-order valence-corrected chi connectivity index (χ2v) is 7.23. The summed E-state index contributed by atoms with van der Waals surface area (Å²) in [5, 5.41) is 13.0. The summed E-state index contributed by atoms with van der Waals surface area (Å²) in [6.07, 6.45) is 5.21. The third-order valence-electron chi connectivity index (χ3n) is 4.31. The number of fused-ring (bicyclic) bond motifs is 1. The van der Waals surface area contributed by atoms with Crippen LogP contribution in [0.5, 0.6) is 0 Å². The number of halogens is 1. The highest BCUT2D eigenvalue weighted by atomic mass is 79.9. The number of anilines is 1. The Morgan fingerprint density at radius 3 is 2.73 bits per heavy atom. The lowest BCUT2D eigenvalue weighted by molar-refractivity contribution is -0.137. The molecule has 3 rings (SSSR count). The molecule has 0 aliphatic carbocycles. The van der Waals surface area contributed by atoms with Crippen LogP contribution >= 0.6 is 15.9 Å². The fourth-order valence-corrected chi connectivity index (χ4v) is 3.29. The van der Waals surface area contributed by atoms with Gasteiger partial charge in [-0.1, -0.05) is 43.7 Å². The zero-order valence-corrected chi connectivity index (χ0v) is 16.2. The number of nitrogens with zero attached hydrogens (tertiary/aromatic N) is 2.